The minimum Gasteiger partial charge on any atom is -0.491 e. The van der Waals surface area contributed by atoms with Crippen molar-refractivity contribution in [2.24, 2.45) is 45.8 Å². The second-order valence-electron chi connectivity index (χ2n) is 38.2. The number of para-hydroxylation sites is 1. The summed E-state index contributed by atoms with van der Waals surface area (Å²) in [6.07, 6.45) is 8.78. The molecule has 0 aliphatic heterocycles. The molecule has 792 valence electrons. The number of carbonyl (C=O) groups is 10. The number of aliphatic hydroxyl groups is 4. The first kappa shape index (κ1) is 123. The van der Waals surface area contributed by atoms with Gasteiger partial charge < -0.3 is 77.3 Å². The number of carbonyl (C=O) groups excluding carboxylic acids is 10. The van der Waals surface area contributed by atoms with Crippen LogP contribution in [0.15, 0.2) is 224 Å². The van der Waals surface area contributed by atoms with Crippen LogP contribution in [-0.4, -0.2) is 173 Å². The molecule has 9 rings (SSSR count). The molecule has 0 radical (unpaired) electrons. The number of ether oxygens (including phenoxy) is 12. The molecule has 0 bridgehead atoms. The fourth-order valence-electron chi connectivity index (χ4n) is 17.6. The van der Waals surface area contributed by atoms with Gasteiger partial charge in [-0.05, 0) is 239 Å². The van der Waals surface area contributed by atoms with Crippen LogP contribution in [0.2, 0.25) is 0 Å². The van der Waals surface area contributed by atoms with Crippen molar-refractivity contribution in [2.45, 2.75) is 249 Å². The summed E-state index contributed by atoms with van der Waals surface area (Å²) in [5.74, 6) is -2.68. The van der Waals surface area contributed by atoms with E-state index >= 15 is 0 Å². The minimum atomic E-state index is -1.17. The molecule has 0 fully saturated rings. The normalized spacial score (nSPS) is 14.2. The number of unbranched alkanes of at least 4 members (excludes halogenated alkanes) is 1. The Balaban J connectivity index is 0.000000328. The molecule has 13 unspecified atom stereocenters. The van der Waals surface area contributed by atoms with Gasteiger partial charge in [0, 0.05) is 26.5 Å². The Kier molecular flexibility index (Phi) is 56.7. The van der Waals surface area contributed by atoms with Gasteiger partial charge in [-0.3, -0.25) is 47.9 Å². The lowest BCUT2D eigenvalue weighted by molar-refractivity contribution is -0.168. The highest BCUT2D eigenvalue weighted by atomic mass is 16.6. The van der Waals surface area contributed by atoms with Crippen LogP contribution in [0.1, 0.15) is 270 Å². The van der Waals surface area contributed by atoms with E-state index in [0.717, 1.165) is 83.2 Å². The molecule has 0 heterocycles. The Morgan fingerprint density at radius 1 is 0.352 bits per heavy atom. The zero-order valence-electron chi connectivity index (χ0n) is 88.6. The molecule has 13 atom stereocenters. The summed E-state index contributed by atoms with van der Waals surface area (Å²) in [7, 11) is 2.84. The van der Waals surface area contributed by atoms with Crippen LogP contribution in [-0.2, 0) is 97.2 Å². The van der Waals surface area contributed by atoms with Crippen molar-refractivity contribution in [3.8, 4) is 17.2 Å². The summed E-state index contributed by atoms with van der Waals surface area (Å²) in [4.78, 5) is 124. The van der Waals surface area contributed by atoms with Gasteiger partial charge in [0.2, 0.25) is 0 Å². The van der Waals surface area contributed by atoms with E-state index in [2.05, 4.69) is 89.2 Å². The minimum absolute atomic E-state index is 0.00931. The third-order valence-electron chi connectivity index (χ3n) is 25.9. The Morgan fingerprint density at radius 3 is 1.17 bits per heavy atom. The molecule has 26 heteroatoms. The number of methoxy groups -OCH3 is 2. The van der Waals surface area contributed by atoms with Crippen LogP contribution in [0.4, 0.5) is 0 Å². The van der Waals surface area contributed by atoms with Gasteiger partial charge in [0.05, 0.1) is 86.0 Å². The number of benzene rings is 9. The van der Waals surface area contributed by atoms with Gasteiger partial charge in [0.1, 0.15) is 69.6 Å². The first-order valence-electron chi connectivity index (χ1n) is 51.0. The van der Waals surface area contributed by atoms with Gasteiger partial charge in [-0.1, -0.05) is 258 Å². The molecule has 0 spiro atoms. The highest BCUT2D eigenvalue weighted by Gasteiger charge is 2.50. The predicted octanol–water partition coefficient (Wildman–Crippen LogP) is 22.4. The van der Waals surface area contributed by atoms with Crippen LogP contribution in [0.25, 0.3) is 21.5 Å². The van der Waals surface area contributed by atoms with E-state index in [1.807, 2.05) is 166 Å². The molecule has 0 saturated heterocycles. The second kappa shape index (κ2) is 66.7. The summed E-state index contributed by atoms with van der Waals surface area (Å²) >= 11 is 0. The molecule has 0 aliphatic rings. The van der Waals surface area contributed by atoms with E-state index in [-0.39, 0.29) is 144 Å². The number of hydrogen-bond acceptors (Lipinski definition) is 26. The lowest BCUT2D eigenvalue weighted by atomic mass is 9.65. The first-order valence-corrected chi connectivity index (χ1v) is 51.0. The van der Waals surface area contributed by atoms with Crippen molar-refractivity contribution in [3.05, 3.63) is 258 Å². The Bertz CT molecular complexity index is 5230. The fraction of sp³-hybridized carbons (Fsp3) is 0.496. The molecule has 9 aromatic carbocycles. The SMILES string of the molecule is CCC(C)(CC(C)(CC(C)(C)C(=O)OCCO)C(=O)OC)C(=O)OCc1c2ccccc2cc2ccccc12.CCC(C)c1ccc(OC(C)=O)cc1.CCC(CC(CC(C)C(=O)OCC(O)COc1ccccc1)C(=O)OCCOC)c1ccccc1.CCC(CC(CC(C)C(=O)OCCO)c1ccc(OC(C)=O)cc1)c1ccccc1.CCCCOC(=O)C(CC(C)C(=O)OCCO)CC(CC)c1ccccc1. The number of fused-ring (bicyclic) bond motifs is 2. The molecular weight excluding hydrogens is 1850 g/mol. The van der Waals surface area contributed by atoms with Crippen molar-refractivity contribution in [2.75, 3.05) is 86.9 Å². The zero-order chi connectivity index (χ0) is 107. The third kappa shape index (κ3) is 43.6. The lowest BCUT2D eigenvalue weighted by Gasteiger charge is -2.39. The van der Waals surface area contributed by atoms with Crippen molar-refractivity contribution >= 4 is 81.2 Å². The summed E-state index contributed by atoms with van der Waals surface area (Å²) in [5, 5.41) is 41.0. The van der Waals surface area contributed by atoms with Crippen LogP contribution in [0, 0.1) is 45.8 Å². The van der Waals surface area contributed by atoms with Crippen molar-refractivity contribution in [1.29, 1.82) is 0 Å². The average Bonchev–Trinajstić information content (AvgIpc) is 0.771. The summed E-state index contributed by atoms with van der Waals surface area (Å²) in [5.41, 5.74) is 3.70. The van der Waals surface area contributed by atoms with Crippen LogP contribution in [0.5, 0.6) is 17.2 Å². The van der Waals surface area contributed by atoms with E-state index in [9.17, 15) is 53.1 Å². The molecule has 9 aromatic rings. The monoisotopic (exact) mass is 2010 g/mol. The molecule has 0 aliphatic carbocycles. The molecule has 4 N–H and O–H groups in total. The van der Waals surface area contributed by atoms with Crippen molar-refractivity contribution in [1.82, 2.24) is 0 Å². The van der Waals surface area contributed by atoms with Gasteiger partial charge in [0.25, 0.3) is 0 Å². The van der Waals surface area contributed by atoms with E-state index in [0.29, 0.717) is 80.8 Å². The Labute approximate surface area is 858 Å². The molecule has 0 aromatic heterocycles. The van der Waals surface area contributed by atoms with E-state index in [1.54, 1.807) is 72.9 Å². The Hall–Kier alpha value is -12.2. The van der Waals surface area contributed by atoms with Gasteiger partial charge in [0.15, 0.2) is 0 Å². The smallest absolute Gasteiger partial charge is 0.312 e. The number of aliphatic hydroxyl groups excluding tert-OH is 4. The van der Waals surface area contributed by atoms with E-state index < -0.39 is 64.0 Å². The lowest BCUT2D eigenvalue weighted by Crippen LogP contribution is -2.44. The molecular formula is C119H160O26. The summed E-state index contributed by atoms with van der Waals surface area (Å²) in [6, 6.07) is 73.0. The van der Waals surface area contributed by atoms with Gasteiger partial charge in [-0.25, -0.2) is 0 Å². The van der Waals surface area contributed by atoms with E-state index in [1.165, 1.54) is 37.6 Å². The summed E-state index contributed by atoms with van der Waals surface area (Å²) in [6.45, 7) is 29.7. The van der Waals surface area contributed by atoms with Gasteiger partial charge in [-0.15, -0.1) is 0 Å². The predicted molar refractivity (Wildman–Crippen MR) is 562 cm³/mol. The topological polar surface area (TPSA) is 362 Å². The largest absolute Gasteiger partial charge is 0.491 e. The van der Waals surface area contributed by atoms with Crippen molar-refractivity contribution in [3.63, 3.8) is 0 Å². The maximum atomic E-state index is 13.7. The highest BCUT2D eigenvalue weighted by molar-refractivity contribution is 6.02. The van der Waals surface area contributed by atoms with Crippen molar-refractivity contribution < 1.29 is 125 Å². The van der Waals surface area contributed by atoms with Crippen LogP contribution >= 0.6 is 0 Å². The number of esters is 10. The first-order chi connectivity index (χ1) is 69.4. The molecule has 0 saturated carbocycles. The third-order valence-corrected chi connectivity index (χ3v) is 25.9. The van der Waals surface area contributed by atoms with Crippen LogP contribution < -0.4 is 14.2 Å². The molecule has 26 nitrogen and oxygen atoms in total. The quantitative estimate of drug-likeness (QED) is 0.00904. The standard InChI is InChI=1S/C32H40O7.C28H38O7.C25H32O5.C22H34O5.C12H16O2/c1-7-31(4,21-32(5,28(35)37-6)20-30(2,3)27(34)38-17-16-33)29(36)39-19-26-24-14-10-8-12-22(24)18-23-13-9-11-15-25(23)26;1-4-22(23-11-7-5-8-12-23)18-24(28(31)33-16-15-32-3)17-21(2)27(30)35-20-25(29)19-34-26-13-9-6-10-14-26;1-4-20(21-8-6-5-7-9-21)17-23(16-18(2)25(28)29-15-14-26)22-10-12-24(13-11-22)30-19(3)27;1-4-6-13-26-22(25)20(15-17(3)21(24)27-14-12-23)16-18(5-2)19-10-8-7-9-11-19;1-4-9(2)11-5-7-12(8-6-11)14-10(3)13/h8-15,18,33H,7,16-17,19-21H2,1-6H3;5-14,21-22,24-25,29H,4,15-20H2,1-3H3;5-13,18,20,23,26H,4,14-17H2,1-3H3;7-11,17-18,20,23H,4-6,12-16H2,1-3H3;5-9H,4H2,1-3H3. The molecule has 145 heavy (non-hydrogen) atoms. The maximum absolute atomic E-state index is 13.7. The summed E-state index contributed by atoms with van der Waals surface area (Å²) < 4.78 is 63.1. The maximum Gasteiger partial charge on any atom is 0.312 e. The fourth-order valence-corrected chi connectivity index (χ4v) is 17.6. The average molecular weight is 2010 g/mol. The van der Waals surface area contributed by atoms with Crippen LogP contribution in [0.3, 0.4) is 0 Å². The molecule has 0 amide bonds. The highest BCUT2D eigenvalue weighted by Crippen LogP contribution is 2.47. The second-order valence-corrected chi connectivity index (χ2v) is 38.2. The van der Waals surface area contributed by atoms with Gasteiger partial charge in [-0.2, -0.15) is 0 Å². The van der Waals surface area contributed by atoms with Gasteiger partial charge >= 0.3 is 59.7 Å². The van der Waals surface area contributed by atoms with E-state index in [4.69, 9.17) is 72.2 Å². The number of rotatable bonds is 55. The zero-order valence-corrected chi connectivity index (χ0v) is 88.6. The Morgan fingerprint density at radius 2 is 0.752 bits per heavy atom. The number of hydrogen-bond donors (Lipinski definition) is 4.